The molecule has 6 nitrogen and oxygen atoms in total. The Morgan fingerprint density at radius 1 is 1.15 bits per heavy atom. The summed E-state index contributed by atoms with van der Waals surface area (Å²) in [6.45, 7) is 1.30. The first-order valence-corrected chi connectivity index (χ1v) is 9.63. The van der Waals surface area contributed by atoms with E-state index in [1.165, 1.54) is 10.9 Å². The van der Waals surface area contributed by atoms with Gasteiger partial charge in [-0.3, -0.25) is 9.59 Å². The summed E-state index contributed by atoms with van der Waals surface area (Å²) in [5, 5.41) is 1.17. The first kappa shape index (κ1) is 15.9. The van der Waals surface area contributed by atoms with Crippen molar-refractivity contribution in [3.63, 3.8) is 0 Å². The summed E-state index contributed by atoms with van der Waals surface area (Å²) in [6, 6.07) is 7.50. The average molecular weight is 352 g/mol. The number of hydrogen-bond acceptors (Lipinski definition) is 3. The van der Waals surface area contributed by atoms with Crippen molar-refractivity contribution < 1.29 is 9.59 Å². The fourth-order valence-corrected chi connectivity index (χ4v) is 5.13. The van der Waals surface area contributed by atoms with Crippen molar-refractivity contribution >= 4 is 22.7 Å². The zero-order chi connectivity index (χ0) is 17.8. The maximum atomic E-state index is 13.3. The van der Waals surface area contributed by atoms with Crippen molar-refractivity contribution in [3.05, 3.63) is 35.5 Å². The molecule has 3 N–H and O–H groups in total. The first-order valence-electron chi connectivity index (χ1n) is 9.63. The number of piperazine rings is 1. The highest BCUT2D eigenvalue weighted by atomic mass is 16.2. The van der Waals surface area contributed by atoms with Gasteiger partial charge in [-0.25, -0.2) is 0 Å². The van der Waals surface area contributed by atoms with Crippen LogP contribution in [0.3, 0.4) is 0 Å². The molecular formula is C20H24N4O2. The highest BCUT2D eigenvalue weighted by molar-refractivity contribution is 5.99. The Morgan fingerprint density at radius 3 is 2.85 bits per heavy atom. The van der Waals surface area contributed by atoms with E-state index in [2.05, 4.69) is 17.1 Å². The molecule has 3 aliphatic heterocycles. The van der Waals surface area contributed by atoms with Crippen LogP contribution < -0.4 is 5.73 Å². The van der Waals surface area contributed by atoms with Crippen LogP contribution in [0.5, 0.6) is 0 Å². The van der Waals surface area contributed by atoms with Gasteiger partial charge in [-0.1, -0.05) is 18.2 Å². The summed E-state index contributed by atoms with van der Waals surface area (Å²) in [5.74, 6) is 0.249. The SMILES string of the molecule is NCCC[C@H]1c2[nH]c3ccccc3c2C[C@H]2C(=O)N3CCC[C@H]3C(=O)N21. The Bertz CT molecular complexity index is 889. The van der Waals surface area contributed by atoms with Crippen molar-refractivity contribution in [2.75, 3.05) is 13.1 Å². The number of aromatic amines is 1. The minimum atomic E-state index is -0.369. The summed E-state index contributed by atoms with van der Waals surface area (Å²) < 4.78 is 0. The van der Waals surface area contributed by atoms with Gasteiger partial charge in [0.1, 0.15) is 12.1 Å². The molecule has 1 aromatic carbocycles. The molecule has 136 valence electrons. The van der Waals surface area contributed by atoms with Crippen molar-refractivity contribution in [1.29, 1.82) is 0 Å². The Hall–Kier alpha value is -2.34. The molecule has 1 aromatic heterocycles. The number of para-hydroxylation sites is 1. The monoisotopic (exact) mass is 352 g/mol. The van der Waals surface area contributed by atoms with Gasteiger partial charge >= 0.3 is 0 Å². The van der Waals surface area contributed by atoms with Gasteiger partial charge in [0.25, 0.3) is 0 Å². The molecule has 5 rings (SSSR count). The Morgan fingerprint density at radius 2 is 2.00 bits per heavy atom. The molecule has 26 heavy (non-hydrogen) atoms. The highest BCUT2D eigenvalue weighted by Crippen LogP contribution is 2.43. The second-order valence-electron chi connectivity index (χ2n) is 7.66. The number of aromatic nitrogens is 1. The number of benzene rings is 1. The van der Waals surface area contributed by atoms with Crippen LogP contribution >= 0.6 is 0 Å². The summed E-state index contributed by atoms with van der Waals surface area (Å²) in [6.07, 6.45) is 3.94. The zero-order valence-corrected chi connectivity index (χ0v) is 14.8. The van der Waals surface area contributed by atoms with Crippen molar-refractivity contribution in [2.24, 2.45) is 5.73 Å². The second-order valence-corrected chi connectivity index (χ2v) is 7.66. The van der Waals surface area contributed by atoms with Gasteiger partial charge < -0.3 is 20.5 Å². The van der Waals surface area contributed by atoms with Crippen molar-refractivity contribution in [2.45, 2.75) is 50.2 Å². The molecule has 4 heterocycles. The summed E-state index contributed by atoms with van der Waals surface area (Å²) in [5.41, 5.74) is 9.14. The lowest BCUT2D eigenvalue weighted by Gasteiger charge is -2.48. The second kappa shape index (κ2) is 5.84. The Balaban J connectivity index is 1.65. The maximum absolute atomic E-state index is 13.3. The normalized spacial score (nSPS) is 27.7. The van der Waals surface area contributed by atoms with Gasteiger partial charge in [-0.05, 0) is 43.9 Å². The minimum Gasteiger partial charge on any atom is -0.356 e. The number of carbonyl (C=O) groups is 2. The fraction of sp³-hybridized carbons (Fsp3) is 0.500. The van der Waals surface area contributed by atoms with Gasteiger partial charge in [0.05, 0.1) is 6.04 Å². The average Bonchev–Trinajstić information content (AvgIpc) is 3.28. The molecule has 0 radical (unpaired) electrons. The van der Waals surface area contributed by atoms with Gasteiger partial charge in [0.2, 0.25) is 11.8 Å². The van der Waals surface area contributed by atoms with E-state index < -0.39 is 0 Å². The lowest BCUT2D eigenvalue weighted by molar-refractivity contribution is -0.163. The number of nitrogens with two attached hydrogens (primary N) is 1. The van der Waals surface area contributed by atoms with Crippen LogP contribution in [0.1, 0.15) is 43.0 Å². The van der Waals surface area contributed by atoms with E-state index in [1.807, 2.05) is 21.9 Å². The molecule has 0 spiro atoms. The van der Waals surface area contributed by atoms with Crippen LogP contribution in [0, 0.1) is 0 Å². The number of H-pyrrole nitrogens is 1. The third-order valence-electron chi connectivity index (χ3n) is 6.29. The third-order valence-corrected chi connectivity index (χ3v) is 6.29. The number of fused-ring (bicyclic) bond motifs is 5. The lowest BCUT2D eigenvalue weighted by Crippen LogP contribution is -2.65. The van der Waals surface area contributed by atoms with E-state index in [-0.39, 0.29) is 29.9 Å². The van der Waals surface area contributed by atoms with Crippen LogP contribution in [0.25, 0.3) is 10.9 Å². The fourth-order valence-electron chi connectivity index (χ4n) is 5.13. The van der Waals surface area contributed by atoms with E-state index in [0.29, 0.717) is 19.5 Å². The molecule has 2 saturated heterocycles. The van der Waals surface area contributed by atoms with Crippen LogP contribution in [0.4, 0.5) is 0 Å². The largest absolute Gasteiger partial charge is 0.356 e. The number of nitrogens with zero attached hydrogens (tertiary/aromatic N) is 2. The van der Waals surface area contributed by atoms with Crippen LogP contribution in [0.15, 0.2) is 24.3 Å². The predicted molar refractivity (Wildman–Crippen MR) is 98.4 cm³/mol. The van der Waals surface area contributed by atoms with Crippen LogP contribution in [0.2, 0.25) is 0 Å². The van der Waals surface area contributed by atoms with Crippen molar-refractivity contribution in [3.8, 4) is 0 Å². The van der Waals surface area contributed by atoms with E-state index in [1.54, 1.807) is 0 Å². The topological polar surface area (TPSA) is 82.4 Å². The maximum Gasteiger partial charge on any atom is 0.246 e. The zero-order valence-electron chi connectivity index (χ0n) is 14.8. The smallest absolute Gasteiger partial charge is 0.246 e. The number of rotatable bonds is 3. The molecule has 3 aliphatic rings. The molecule has 2 fully saturated rings. The molecule has 2 amide bonds. The van der Waals surface area contributed by atoms with Crippen molar-refractivity contribution in [1.82, 2.24) is 14.8 Å². The Labute approximate surface area is 152 Å². The van der Waals surface area contributed by atoms with E-state index in [4.69, 9.17) is 5.73 Å². The van der Waals surface area contributed by atoms with Gasteiger partial charge in [0, 0.05) is 29.6 Å². The molecule has 6 heteroatoms. The summed E-state index contributed by atoms with van der Waals surface area (Å²) in [4.78, 5) is 33.7. The minimum absolute atomic E-state index is 0.0844. The lowest BCUT2D eigenvalue weighted by atomic mass is 9.86. The molecule has 2 aromatic rings. The highest BCUT2D eigenvalue weighted by Gasteiger charge is 2.52. The summed E-state index contributed by atoms with van der Waals surface area (Å²) in [7, 11) is 0. The number of carbonyl (C=O) groups excluding carboxylic acids is 2. The molecule has 0 aliphatic carbocycles. The first-order chi connectivity index (χ1) is 12.7. The van der Waals surface area contributed by atoms with E-state index in [0.717, 1.165) is 36.9 Å². The van der Waals surface area contributed by atoms with Crippen LogP contribution in [-0.4, -0.2) is 51.8 Å². The molecule has 0 saturated carbocycles. The standard InChI is InChI=1S/C20H24N4O2/c21-9-3-7-15-18-13(12-5-1-2-6-14(12)22-18)11-17-19(25)23-10-4-8-16(23)20(26)24(15)17/h1-2,5-6,15-17,22H,3-4,7-11,21H2/t15-,16-,17-/m0/s1. The van der Waals surface area contributed by atoms with Gasteiger partial charge in [0.15, 0.2) is 0 Å². The Kier molecular flexibility index (Phi) is 3.57. The predicted octanol–water partition coefficient (Wildman–Crippen LogP) is 1.71. The molecule has 0 bridgehead atoms. The molecule has 0 unspecified atom stereocenters. The molecular weight excluding hydrogens is 328 g/mol. The summed E-state index contributed by atoms with van der Waals surface area (Å²) >= 11 is 0. The van der Waals surface area contributed by atoms with Gasteiger partial charge in [-0.15, -0.1) is 0 Å². The van der Waals surface area contributed by atoms with E-state index in [9.17, 15) is 9.59 Å². The molecule has 3 atom stereocenters. The quantitative estimate of drug-likeness (QED) is 0.882. The van der Waals surface area contributed by atoms with E-state index >= 15 is 0 Å². The number of hydrogen-bond donors (Lipinski definition) is 2. The number of amides is 2. The van der Waals surface area contributed by atoms with Crippen LogP contribution in [-0.2, 0) is 16.0 Å². The van der Waals surface area contributed by atoms with Gasteiger partial charge in [-0.2, -0.15) is 0 Å². The number of nitrogens with one attached hydrogen (secondary N) is 1. The third kappa shape index (κ3) is 2.08.